The van der Waals surface area contributed by atoms with Gasteiger partial charge < -0.3 is 10.4 Å². The number of nitrogens with zero attached hydrogens (tertiary/aromatic N) is 4. The lowest BCUT2D eigenvalue weighted by molar-refractivity contribution is 0.171. The molecule has 2 heterocycles. The number of hydrogen-bond donors (Lipinski definition) is 2. The van der Waals surface area contributed by atoms with Gasteiger partial charge in [-0.1, -0.05) is 30.3 Å². The van der Waals surface area contributed by atoms with Crippen LogP contribution in [-0.4, -0.2) is 35.9 Å². The fourth-order valence-electron chi connectivity index (χ4n) is 3.75. The van der Waals surface area contributed by atoms with Gasteiger partial charge in [-0.2, -0.15) is 4.98 Å². The molecule has 2 aromatic heterocycles. The first-order valence-electron chi connectivity index (χ1n) is 9.12. The summed E-state index contributed by atoms with van der Waals surface area (Å²) >= 11 is 0. The molecule has 0 radical (unpaired) electrons. The molecule has 1 saturated carbocycles. The number of anilines is 1. The fraction of sp³-hybridized carbons (Fsp3) is 0.421. The van der Waals surface area contributed by atoms with Crippen molar-refractivity contribution < 1.29 is 5.11 Å². The zero-order valence-corrected chi connectivity index (χ0v) is 15.4. The van der Waals surface area contributed by atoms with Gasteiger partial charge in [-0.05, 0) is 24.8 Å². The van der Waals surface area contributed by atoms with Crippen LogP contribution < -0.4 is 16.6 Å². The van der Waals surface area contributed by atoms with Gasteiger partial charge in [-0.3, -0.25) is 18.5 Å². The molecule has 0 aliphatic heterocycles. The number of aliphatic hydroxyl groups excluding tert-OH is 1. The minimum atomic E-state index is -0.443. The van der Waals surface area contributed by atoms with Crippen LogP contribution >= 0.6 is 0 Å². The van der Waals surface area contributed by atoms with E-state index in [9.17, 15) is 14.7 Å². The van der Waals surface area contributed by atoms with Crippen LogP contribution in [0.5, 0.6) is 0 Å². The normalized spacial score (nSPS) is 19.7. The standard InChI is InChI=1S/C19H23N5O3/c1-22-16-15(17(26)23(2)19(22)27)24(11-12-7-4-3-5-8-12)18(21-16)20-13-9-6-10-14(13)25/h3-5,7-8,13-14,25H,6,9-11H2,1-2H3,(H,20,21)/t13-,14-/m1/s1. The van der Waals surface area contributed by atoms with E-state index in [0.717, 1.165) is 29.4 Å². The van der Waals surface area contributed by atoms with Gasteiger partial charge in [0.1, 0.15) is 0 Å². The van der Waals surface area contributed by atoms with Crippen LogP contribution in [0.2, 0.25) is 0 Å². The van der Waals surface area contributed by atoms with Crippen LogP contribution in [0.3, 0.4) is 0 Å². The number of aliphatic hydroxyl groups is 1. The SMILES string of the molecule is Cn1c(=O)c2c(nc(N[C@@H]3CCC[C@H]3O)n2Cc2ccccc2)n(C)c1=O. The van der Waals surface area contributed by atoms with Gasteiger partial charge in [0.05, 0.1) is 18.7 Å². The highest BCUT2D eigenvalue weighted by Gasteiger charge is 2.28. The third-order valence-electron chi connectivity index (χ3n) is 5.33. The molecule has 0 saturated heterocycles. The molecule has 1 aromatic carbocycles. The van der Waals surface area contributed by atoms with Crippen molar-refractivity contribution >= 4 is 17.1 Å². The summed E-state index contributed by atoms with van der Waals surface area (Å²) in [6, 6.07) is 9.66. The maximum absolute atomic E-state index is 12.8. The van der Waals surface area contributed by atoms with Crippen molar-refractivity contribution in [1.82, 2.24) is 18.7 Å². The van der Waals surface area contributed by atoms with Gasteiger partial charge >= 0.3 is 5.69 Å². The Morgan fingerprint density at radius 1 is 1.15 bits per heavy atom. The number of hydrogen-bond acceptors (Lipinski definition) is 5. The smallest absolute Gasteiger partial charge is 0.332 e. The molecule has 4 rings (SSSR count). The molecule has 1 aliphatic carbocycles. The molecular formula is C19H23N5O3. The Labute approximate surface area is 155 Å². The third kappa shape index (κ3) is 2.95. The molecule has 2 atom stereocenters. The minimum Gasteiger partial charge on any atom is -0.391 e. The molecule has 0 spiro atoms. The highest BCUT2D eigenvalue weighted by molar-refractivity contribution is 5.74. The maximum Gasteiger partial charge on any atom is 0.332 e. The average molecular weight is 369 g/mol. The summed E-state index contributed by atoms with van der Waals surface area (Å²) in [6.07, 6.45) is 2.09. The van der Waals surface area contributed by atoms with Crippen molar-refractivity contribution in [2.45, 2.75) is 38.0 Å². The second-order valence-corrected chi connectivity index (χ2v) is 7.13. The zero-order chi connectivity index (χ0) is 19.1. The van der Waals surface area contributed by atoms with Crippen molar-refractivity contribution in [2.24, 2.45) is 14.1 Å². The summed E-state index contributed by atoms with van der Waals surface area (Å²) < 4.78 is 4.28. The van der Waals surface area contributed by atoms with Gasteiger partial charge in [-0.25, -0.2) is 4.79 Å². The van der Waals surface area contributed by atoms with Crippen LogP contribution in [0.15, 0.2) is 39.9 Å². The Balaban J connectivity index is 1.91. The molecular weight excluding hydrogens is 346 g/mol. The zero-order valence-electron chi connectivity index (χ0n) is 15.4. The van der Waals surface area contributed by atoms with E-state index in [1.54, 1.807) is 11.6 Å². The van der Waals surface area contributed by atoms with E-state index in [-0.39, 0.29) is 11.6 Å². The van der Waals surface area contributed by atoms with E-state index in [0.29, 0.717) is 23.7 Å². The fourth-order valence-corrected chi connectivity index (χ4v) is 3.75. The second-order valence-electron chi connectivity index (χ2n) is 7.13. The number of rotatable bonds is 4. The first kappa shape index (κ1) is 17.5. The number of nitrogens with one attached hydrogen (secondary N) is 1. The Hall–Kier alpha value is -2.87. The molecule has 142 valence electrons. The molecule has 2 N–H and O–H groups in total. The predicted molar refractivity (Wildman–Crippen MR) is 103 cm³/mol. The van der Waals surface area contributed by atoms with Crippen LogP contribution in [0, 0.1) is 0 Å². The van der Waals surface area contributed by atoms with E-state index in [1.807, 2.05) is 30.3 Å². The molecule has 1 aliphatic rings. The first-order valence-corrected chi connectivity index (χ1v) is 9.12. The van der Waals surface area contributed by atoms with Crippen LogP contribution in [0.1, 0.15) is 24.8 Å². The predicted octanol–water partition coefficient (Wildman–Crippen LogP) is 0.807. The van der Waals surface area contributed by atoms with Crippen LogP contribution in [0.25, 0.3) is 11.2 Å². The van der Waals surface area contributed by atoms with Crippen LogP contribution in [0.4, 0.5) is 5.95 Å². The van der Waals surface area contributed by atoms with Crippen molar-refractivity contribution in [2.75, 3.05) is 5.32 Å². The quantitative estimate of drug-likeness (QED) is 0.710. The number of imidazole rings is 1. The largest absolute Gasteiger partial charge is 0.391 e. The van der Waals surface area contributed by atoms with Crippen molar-refractivity contribution in [1.29, 1.82) is 0 Å². The van der Waals surface area contributed by atoms with Crippen molar-refractivity contribution in [3.63, 3.8) is 0 Å². The summed E-state index contributed by atoms with van der Waals surface area (Å²) in [5.74, 6) is 0.498. The van der Waals surface area contributed by atoms with E-state index in [1.165, 1.54) is 11.6 Å². The molecule has 0 amide bonds. The van der Waals surface area contributed by atoms with Gasteiger partial charge in [0, 0.05) is 14.1 Å². The van der Waals surface area contributed by atoms with E-state index in [4.69, 9.17) is 0 Å². The molecule has 1 fully saturated rings. The summed E-state index contributed by atoms with van der Waals surface area (Å²) in [7, 11) is 3.08. The lowest BCUT2D eigenvalue weighted by Crippen LogP contribution is -2.37. The van der Waals surface area contributed by atoms with Gasteiger partial charge in [0.15, 0.2) is 11.2 Å². The molecule has 3 aromatic rings. The monoisotopic (exact) mass is 369 g/mol. The van der Waals surface area contributed by atoms with E-state index < -0.39 is 11.8 Å². The Morgan fingerprint density at radius 3 is 2.56 bits per heavy atom. The molecule has 27 heavy (non-hydrogen) atoms. The molecule has 0 unspecified atom stereocenters. The third-order valence-corrected chi connectivity index (χ3v) is 5.33. The Kier molecular flexibility index (Phi) is 4.35. The summed E-state index contributed by atoms with van der Waals surface area (Å²) in [6.45, 7) is 0.440. The van der Waals surface area contributed by atoms with Gasteiger partial charge in [-0.15, -0.1) is 0 Å². The highest BCUT2D eigenvalue weighted by atomic mass is 16.3. The Morgan fingerprint density at radius 2 is 1.89 bits per heavy atom. The van der Waals surface area contributed by atoms with E-state index >= 15 is 0 Å². The molecule has 8 nitrogen and oxygen atoms in total. The van der Waals surface area contributed by atoms with Gasteiger partial charge in [0.2, 0.25) is 5.95 Å². The maximum atomic E-state index is 12.8. The number of aryl methyl sites for hydroxylation is 1. The van der Waals surface area contributed by atoms with Crippen molar-refractivity contribution in [3.8, 4) is 0 Å². The van der Waals surface area contributed by atoms with Gasteiger partial charge in [0.25, 0.3) is 5.56 Å². The molecule has 0 bridgehead atoms. The second kappa shape index (κ2) is 6.70. The summed E-state index contributed by atoms with van der Waals surface area (Å²) in [5, 5.41) is 13.5. The van der Waals surface area contributed by atoms with Crippen molar-refractivity contribution in [3.05, 3.63) is 56.7 Å². The number of fused-ring (bicyclic) bond motifs is 1. The Bertz CT molecular complexity index is 1100. The number of aromatic nitrogens is 4. The van der Waals surface area contributed by atoms with E-state index in [2.05, 4.69) is 10.3 Å². The summed E-state index contributed by atoms with van der Waals surface area (Å²) in [5.41, 5.74) is 0.941. The molecule has 8 heteroatoms. The number of benzene rings is 1. The minimum absolute atomic E-state index is 0.114. The topological polar surface area (TPSA) is 94.1 Å². The van der Waals surface area contributed by atoms with Crippen LogP contribution in [-0.2, 0) is 20.6 Å². The lowest BCUT2D eigenvalue weighted by atomic mass is 10.2. The highest BCUT2D eigenvalue weighted by Crippen LogP contribution is 2.25. The summed E-state index contributed by atoms with van der Waals surface area (Å²) in [4.78, 5) is 29.7. The average Bonchev–Trinajstić information content (AvgIpc) is 3.23. The lowest BCUT2D eigenvalue weighted by Gasteiger charge is -2.18. The first-order chi connectivity index (χ1) is 13.0.